The lowest BCUT2D eigenvalue weighted by atomic mass is 10.0. The molecule has 6 heteroatoms. The number of aryl methyl sites for hydroxylation is 2. The molecule has 1 N–H and O–H groups in total. The molecule has 0 aliphatic heterocycles. The van der Waals surface area contributed by atoms with E-state index in [2.05, 4.69) is 62.4 Å². The first-order valence-electron chi connectivity index (χ1n) is 8.06. The van der Waals surface area contributed by atoms with E-state index in [4.69, 9.17) is 11.6 Å². The number of fused-ring (bicyclic) bond motifs is 1. The molecule has 4 rings (SSSR count). The van der Waals surface area contributed by atoms with E-state index in [-0.39, 0.29) is 0 Å². The minimum atomic E-state index is 0.725. The van der Waals surface area contributed by atoms with Gasteiger partial charge < -0.3 is 5.32 Å². The Bertz CT molecular complexity index is 1110. The quantitative estimate of drug-likeness (QED) is 0.365. The number of rotatable bonds is 3. The topological polar surface area (TPSA) is 37.8 Å². The van der Waals surface area contributed by atoms with Crippen molar-refractivity contribution < 1.29 is 0 Å². The molecular weight excluding hydrogens is 430 g/mol. The molecule has 0 saturated carbocycles. The summed E-state index contributed by atoms with van der Waals surface area (Å²) in [5.41, 5.74) is 4.39. The van der Waals surface area contributed by atoms with Crippen LogP contribution in [0, 0.1) is 13.8 Å². The zero-order valence-electron chi connectivity index (χ0n) is 14.2. The van der Waals surface area contributed by atoms with Crippen LogP contribution in [0.25, 0.3) is 21.3 Å². The Morgan fingerprint density at radius 1 is 1.04 bits per heavy atom. The van der Waals surface area contributed by atoms with Gasteiger partial charge in [0, 0.05) is 25.6 Å². The van der Waals surface area contributed by atoms with Crippen LogP contribution >= 0.6 is 38.9 Å². The first-order valence-corrected chi connectivity index (χ1v) is 10.0. The summed E-state index contributed by atoms with van der Waals surface area (Å²) < 4.78 is 1.06. The zero-order chi connectivity index (χ0) is 18.3. The van der Waals surface area contributed by atoms with Gasteiger partial charge in [-0.05, 0) is 55.3 Å². The third-order valence-corrected chi connectivity index (χ3v) is 6.02. The molecule has 2 heterocycles. The van der Waals surface area contributed by atoms with Gasteiger partial charge in [0.1, 0.15) is 17.0 Å². The highest BCUT2D eigenvalue weighted by atomic mass is 79.9. The van der Waals surface area contributed by atoms with Crippen molar-refractivity contribution in [2.45, 2.75) is 13.8 Å². The van der Waals surface area contributed by atoms with Crippen molar-refractivity contribution in [2.24, 2.45) is 0 Å². The molecule has 0 bridgehead atoms. The third-order valence-electron chi connectivity index (χ3n) is 4.24. The van der Waals surface area contributed by atoms with E-state index < -0.39 is 0 Å². The van der Waals surface area contributed by atoms with Gasteiger partial charge in [0.2, 0.25) is 0 Å². The second-order valence-corrected chi connectivity index (χ2v) is 8.58. The van der Waals surface area contributed by atoms with Crippen LogP contribution in [0.4, 0.5) is 11.5 Å². The molecule has 2 aromatic carbocycles. The first kappa shape index (κ1) is 17.5. The number of nitrogens with one attached hydrogen (secondary N) is 1. The van der Waals surface area contributed by atoms with Gasteiger partial charge in [-0.3, -0.25) is 0 Å². The Labute approximate surface area is 169 Å². The number of hydrogen-bond acceptors (Lipinski definition) is 4. The molecule has 0 fully saturated rings. The van der Waals surface area contributed by atoms with E-state index >= 15 is 0 Å². The lowest BCUT2D eigenvalue weighted by Gasteiger charge is -2.11. The van der Waals surface area contributed by atoms with Crippen molar-refractivity contribution in [3.63, 3.8) is 0 Å². The number of thiophene rings is 1. The maximum Gasteiger partial charge on any atom is 0.143 e. The van der Waals surface area contributed by atoms with Crippen molar-refractivity contribution in [1.82, 2.24) is 9.97 Å². The minimum Gasteiger partial charge on any atom is -0.339 e. The molecule has 3 nitrogen and oxygen atoms in total. The van der Waals surface area contributed by atoms with E-state index in [9.17, 15) is 0 Å². The largest absolute Gasteiger partial charge is 0.339 e. The molecule has 130 valence electrons. The summed E-state index contributed by atoms with van der Waals surface area (Å²) in [7, 11) is 0. The van der Waals surface area contributed by atoms with Crippen molar-refractivity contribution in [2.75, 3.05) is 5.32 Å². The van der Waals surface area contributed by atoms with Gasteiger partial charge in [0.15, 0.2) is 0 Å². The molecule has 0 unspecified atom stereocenters. The number of benzene rings is 2. The van der Waals surface area contributed by atoms with Crippen LogP contribution in [0.5, 0.6) is 0 Å². The first-order chi connectivity index (χ1) is 12.5. The lowest BCUT2D eigenvalue weighted by Crippen LogP contribution is -1.97. The van der Waals surface area contributed by atoms with Crippen LogP contribution in [0.3, 0.4) is 0 Å². The third kappa shape index (κ3) is 3.22. The van der Waals surface area contributed by atoms with Gasteiger partial charge in [-0.1, -0.05) is 39.7 Å². The van der Waals surface area contributed by atoms with E-state index in [0.717, 1.165) is 42.3 Å². The number of hydrogen-bond donors (Lipinski definition) is 1. The fourth-order valence-corrected chi connectivity index (χ4v) is 4.50. The second kappa shape index (κ2) is 6.99. The Morgan fingerprint density at radius 2 is 1.81 bits per heavy atom. The van der Waals surface area contributed by atoms with Crippen molar-refractivity contribution in [3.8, 4) is 11.1 Å². The van der Waals surface area contributed by atoms with Gasteiger partial charge in [0.25, 0.3) is 0 Å². The van der Waals surface area contributed by atoms with Gasteiger partial charge in [-0.15, -0.1) is 11.3 Å². The minimum absolute atomic E-state index is 0.725. The molecule has 0 amide bonds. The lowest BCUT2D eigenvalue weighted by molar-refractivity contribution is 1.23. The van der Waals surface area contributed by atoms with Crippen LogP contribution in [-0.2, 0) is 0 Å². The van der Waals surface area contributed by atoms with Crippen molar-refractivity contribution >= 4 is 60.6 Å². The fraction of sp³-hybridized carbons (Fsp3) is 0.100. The smallest absolute Gasteiger partial charge is 0.143 e. The summed E-state index contributed by atoms with van der Waals surface area (Å²) >= 11 is 11.3. The zero-order valence-corrected chi connectivity index (χ0v) is 17.3. The van der Waals surface area contributed by atoms with Crippen LogP contribution in [-0.4, -0.2) is 9.97 Å². The molecule has 0 atom stereocenters. The van der Waals surface area contributed by atoms with Crippen molar-refractivity contribution in [3.05, 3.63) is 68.7 Å². The van der Waals surface area contributed by atoms with Gasteiger partial charge >= 0.3 is 0 Å². The van der Waals surface area contributed by atoms with Crippen LogP contribution in [0.1, 0.15) is 10.4 Å². The predicted octanol–water partition coefficient (Wildman–Crippen LogP) is 7.13. The average Bonchev–Trinajstić information content (AvgIpc) is 2.95. The summed E-state index contributed by atoms with van der Waals surface area (Å²) in [5, 5.41) is 5.24. The highest BCUT2D eigenvalue weighted by Gasteiger charge is 2.17. The Balaban J connectivity index is 1.89. The van der Waals surface area contributed by atoms with E-state index in [1.165, 1.54) is 10.4 Å². The number of aromatic nitrogens is 2. The molecule has 26 heavy (non-hydrogen) atoms. The maximum absolute atomic E-state index is 6.08. The van der Waals surface area contributed by atoms with Crippen LogP contribution in [0.2, 0.25) is 5.02 Å². The summed E-state index contributed by atoms with van der Waals surface area (Å²) in [6.07, 6.45) is 1.61. The standard InChI is InChI=1S/C20H15BrClN3S/c1-11-9-15(22)7-8-16(11)25-19-18-17(13-3-5-14(21)6-4-13)12(2)26-20(18)24-10-23-19/h3-10H,1-2H3,(H,23,24,25). The Kier molecular flexibility index (Phi) is 4.69. The highest BCUT2D eigenvalue weighted by molar-refractivity contribution is 9.10. The fourth-order valence-electron chi connectivity index (χ4n) is 3.00. The molecule has 0 radical (unpaired) electrons. The summed E-state index contributed by atoms with van der Waals surface area (Å²) in [6.45, 7) is 4.15. The number of anilines is 2. The number of nitrogens with zero attached hydrogens (tertiary/aromatic N) is 2. The number of halogens is 2. The second-order valence-electron chi connectivity index (χ2n) is 6.03. The average molecular weight is 445 g/mol. The van der Waals surface area contributed by atoms with E-state index in [0.29, 0.717) is 0 Å². The normalized spacial score (nSPS) is 11.1. The monoisotopic (exact) mass is 443 g/mol. The molecule has 0 spiro atoms. The molecule has 0 saturated heterocycles. The van der Waals surface area contributed by atoms with Gasteiger partial charge in [0.05, 0.1) is 5.39 Å². The summed E-state index contributed by atoms with van der Waals surface area (Å²) in [5.74, 6) is 0.808. The molecule has 0 aliphatic rings. The maximum atomic E-state index is 6.08. The Hall–Kier alpha value is -1.95. The van der Waals surface area contributed by atoms with Gasteiger partial charge in [-0.2, -0.15) is 0 Å². The Morgan fingerprint density at radius 3 is 2.54 bits per heavy atom. The molecule has 4 aromatic rings. The van der Waals surface area contributed by atoms with Crippen LogP contribution < -0.4 is 5.32 Å². The summed E-state index contributed by atoms with van der Waals surface area (Å²) in [6, 6.07) is 14.1. The molecular formula is C20H15BrClN3S. The summed E-state index contributed by atoms with van der Waals surface area (Å²) in [4.78, 5) is 11.2. The van der Waals surface area contributed by atoms with Crippen LogP contribution in [0.15, 0.2) is 53.3 Å². The molecule has 2 aromatic heterocycles. The predicted molar refractivity (Wildman–Crippen MR) is 115 cm³/mol. The highest BCUT2D eigenvalue weighted by Crippen LogP contribution is 2.41. The van der Waals surface area contributed by atoms with E-state index in [1.54, 1.807) is 17.7 Å². The van der Waals surface area contributed by atoms with Gasteiger partial charge in [-0.25, -0.2) is 9.97 Å². The van der Waals surface area contributed by atoms with Crippen molar-refractivity contribution in [1.29, 1.82) is 0 Å². The van der Waals surface area contributed by atoms with E-state index in [1.807, 2.05) is 25.1 Å². The SMILES string of the molecule is Cc1cc(Cl)ccc1Nc1ncnc2sc(C)c(-c3ccc(Br)cc3)c12. The molecule has 0 aliphatic carbocycles.